The van der Waals surface area contributed by atoms with Crippen molar-refractivity contribution in [1.29, 1.82) is 0 Å². The van der Waals surface area contributed by atoms with Crippen LogP contribution in [0.1, 0.15) is 20.8 Å². The number of rotatable bonds is 3. The van der Waals surface area contributed by atoms with Gasteiger partial charge in [0.1, 0.15) is 0 Å². The summed E-state index contributed by atoms with van der Waals surface area (Å²) in [5.41, 5.74) is 9.57. The lowest BCUT2D eigenvalue weighted by Gasteiger charge is -2.01. The third-order valence-corrected chi connectivity index (χ3v) is 1.72. The molecule has 0 heterocycles. The minimum Gasteiger partial charge on any atom is -0.402 e. The summed E-state index contributed by atoms with van der Waals surface area (Å²) in [6, 6.07) is 0. The summed E-state index contributed by atoms with van der Waals surface area (Å²) in [6.45, 7) is 13.4. The minimum atomic E-state index is 0.783. The summed E-state index contributed by atoms with van der Waals surface area (Å²) in [4.78, 5) is 0. The smallest absolute Gasteiger partial charge is 0.0122 e. The van der Waals surface area contributed by atoms with E-state index in [-0.39, 0.29) is 0 Å². The largest absolute Gasteiger partial charge is 0.402 e. The quantitative estimate of drug-likeness (QED) is 0.636. The first-order valence-electron chi connectivity index (χ1n) is 3.92. The molecule has 2 N–H and O–H groups in total. The van der Waals surface area contributed by atoms with Gasteiger partial charge in [0.05, 0.1) is 0 Å². The molecule has 0 rings (SSSR count). The van der Waals surface area contributed by atoms with Crippen molar-refractivity contribution in [2.24, 2.45) is 5.73 Å². The molecule has 0 atom stereocenters. The predicted molar refractivity (Wildman–Crippen MR) is 55.7 cm³/mol. The molecule has 0 saturated heterocycles. The number of hydrogen-bond acceptors (Lipinski definition) is 1. The van der Waals surface area contributed by atoms with E-state index in [0.29, 0.717) is 0 Å². The normalized spacial score (nSPS) is 13.8. The van der Waals surface area contributed by atoms with E-state index in [0.717, 1.165) is 22.4 Å². The fourth-order valence-corrected chi connectivity index (χ4v) is 0.690. The minimum absolute atomic E-state index is 0.783. The average molecular weight is 163 g/mol. The SMILES string of the molecule is C=CC(/C=C(/C)C(=C)C)=C(\C)N. The maximum absolute atomic E-state index is 5.63. The van der Waals surface area contributed by atoms with Crippen molar-refractivity contribution in [2.75, 3.05) is 0 Å². The van der Waals surface area contributed by atoms with Gasteiger partial charge in [-0.05, 0) is 31.9 Å². The number of allylic oxidation sites excluding steroid dienone is 6. The molecule has 12 heavy (non-hydrogen) atoms. The van der Waals surface area contributed by atoms with Crippen LogP contribution < -0.4 is 5.73 Å². The van der Waals surface area contributed by atoms with Crippen LogP contribution >= 0.6 is 0 Å². The van der Waals surface area contributed by atoms with Crippen molar-refractivity contribution in [3.8, 4) is 0 Å². The van der Waals surface area contributed by atoms with Gasteiger partial charge >= 0.3 is 0 Å². The summed E-state index contributed by atoms with van der Waals surface area (Å²) >= 11 is 0. The Labute approximate surface area is 75.0 Å². The topological polar surface area (TPSA) is 26.0 Å². The molecule has 0 aliphatic carbocycles. The summed E-state index contributed by atoms with van der Waals surface area (Å²) in [5.74, 6) is 0. The highest BCUT2D eigenvalue weighted by Crippen LogP contribution is 2.11. The van der Waals surface area contributed by atoms with E-state index in [1.807, 2.05) is 26.8 Å². The van der Waals surface area contributed by atoms with Crippen LogP contribution in [0.15, 0.2) is 47.7 Å². The molecular weight excluding hydrogens is 146 g/mol. The van der Waals surface area contributed by atoms with Crippen molar-refractivity contribution in [3.05, 3.63) is 47.7 Å². The van der Waals surface area contributed by atoms with E-state index in [2.05, 4.69) is 13.2 Å². The Bertz CT molecular complexity index is 250. The molecule has 0 aliphatic rings. The first-order valence-corrected chi connectivity index (χ1v) is 3.92. The van der Waals surface area contributed by atoms with E-state index < -0.39 is 0 Å². The molecule has 0 aromatic heterocycles. The van der Waals surface area contributed by atoms with Crippen LogP contribution in [0, 0.1) is 0 Å². The zero-order chi connectivity index (χ0) is 9.72. The Balaban J connectivity index is 4.84. The van der Waals surface area contributed by atoms with Crippen molar-refractivity contribution < 1.29 is 0 Å². The van der Waals surface area contributed by atoms with E-state index in [1.54, 1.807) is 6.08 Å². The molecule has 66 valence electrons. The Morgan fingerprint density at radius 2 is 1.75 bits per heavy atom. The van der Waals surface area contributed by atoms with Crippen LogP contribution in [0.5, 0.6) is 0 Å². The maximum atomic E-state index is 5.63. The number of nitrogens with two attached hydrogens (primary N) is 1. The zero-order valence-electron chi connectivity index (χ0n) is 8.15. The first-order chi connectivity index (χ1) is 5.49. The van der Waals surface area contributed by atoms with E-state index in [9.17, 15) is 0 Å². The van der Waals surface area contributed by atoms with E-state index in [4.69, 9.17) is 5.73 Å². The Morgan fingerprint density at radius 1 is 1.25 bits per heavy atom. The molecule has 0 radical (unpaired) electrons. The van der Waals surface area contributed by atoms with Crippen LogP contribution in [-0.4, -0.2) is 0 Å². The van der Waals surface area contributed by atoms with Gasteiger partial charge < -0.3 is 5.73 Å². The summed E-state index contributed by atoms with van der Waals surface area (Å²) < 4.78 is 0. The lowest BCUT2D eigenvalue weighted by atomic mass is 10.1. The summed E-state index contributed by atoms with van der Waals surface area (Å²) in [7, 11) is 0. The fraction of sp³-hybridized carbons (Fsp3) is 0.273. The number of hydrogen-bond donors (Lipinski definition) is 1. The van der Waals surface area contributed by atoms with Crippen molar-refractivity contribution in [1.82, 2.24) is 0 Å². The summed E-state index contributed by atoms with van der Waals surface area (Å²) in [6.07, 6.45) is 3.74. The third-order valence-electron chi connectivity index (χ3n) is 1.72. The molecule has 1 nitrogen and oxygen atoms in total. The summed E-state index contributed by atoms with van der Waals surface area (Å²) in [5, 5.41) is 0. The second kappa shape index (κ2) is 4.60. The lowest BCUT2D eigenvalue weighted by molar-refractivity contribution is 1.26. The molecular formula is C11H17N. The van der Waals surface area contributed by atoms with Gasteiger partial charge in [-0.25, -0.2) is 0 Å². The maximum Gasteiger partial charge on any atom is 0.0122 e. The highest BCUT2D eigenvalue weighted by atomic mass is 14.6. The molecule has 0 unspecified atom stereocenters. The molecule has 0 spiro atoms. The Kier molecular flexibility index (Phi) is 4.12. The molecule has 0 aliphatic heterocycles. The van der Waals surface area contributed by atoms with Gasteiger partial charge in [-0.3, -0.25) is 0 Å². The molecule has 1 heteroatoms. The highest BCUT2D eigenvalue weighted by Gasteiger charge is 1.93. The Morgan fingerprint density at radius 3 is 2.00 bits per heavy atom. The van der Waals surface area contributed by atoms with Crippen LogP contribution in [-0.2, 0) is 0 Å². The van der Waals surface area contributed by atoms with E-state index in [1.165, 1.54) is 0 Å². The van der Waals surface area contributed by atoms with Crippen LogP contribution in [0.25, 0.3) is 0 Å². The third kappa shape index (κ3) is 3.24. The van der Waals surface area contributed by atoms with Gasteiger partial charge in [0.15, 0.2) is 0 Å². The average Bonchev–Trinajstić information content (AvgIpc) is 1.98. The van der Waals surface area contributed by atoms with Crippen LogP contribution in [0.2, 0.25) is 0 Å². The molecule has 0 fully saturated rings. The Hall–Kier alpha value is -1.24. The molecule has 0 bridgehead atoms. The van der Waals surface area contributed by atoms with Crippen molar-refractivity contribution in [3.63, 3.8) is 0 Å². The monoisotopic (exact) mass is 163 g/mol. The molecule has 0 aromatic rings. The first kappa shape index (κ1) is 10.8. The van der Waals surface area contributed by atoms with Gasteiger partial charge in [-0.15, -0.1) is 0 Å². The van der Waals surface area contributed by atoms with Crippen LogP contribution in [0.3, 0.4) is 0 Å². The zero-order valence-corrected chi connectivity index (χ0v) is 8.15. The van der Waals surface area contributed by atoms with Gasteiger partial charge in [-0.1, -0.05) is 30.9 Å². The second-order valence-electron chi connectivity index (χ2n) is 2.95. The molecule has 0 amide bonds. The molecule has 0 aromatic carbocycles. The molecule has 0 saturated carbocycles. The lowest BCUT2D eigenvalue weighted by Crippen LogP contribution is -1.95. The van der Waals surface area contributed by atoms with Crippen molar-refractivity contribution >= 4 is 0 Å². The van der Waals surface area contributed by atoms with Crippen LogP contribution in [0.4, 0.5) is 0 Å². The van der Waals surface area contributed by atoms with E-state index >= 15 is 0 Å². The predicted octanol–water partition coefficient (Wildman–Crippen LogP) is 2.93. The second-order valence-corrected chi connectivity index (χ2v) is 2.95. The standard InChI is InChI=1S/C11H17N/c1-6-11(10(5)12)7-9(4)8(2)3/h6-7H,1-2,12H2,3-5H3/b9-7-,11-10-. The van der Waals surface area contributed by atoms with Gasteiger partial charge in [0, 0.05) is 5.70 Å². The highest BCUT2D eigenvalue weighted by molar-refractivity contribution is 5.39. The van der Waals surface area contributed by atoms with Gasteiger partial charge in [-0.2, -0.15) is 0 Å². The van der Waals surface area contributed by atoms with Gasteiger partial charge in [0.2, 0.25) is 0 Å². The fourth-order valence-electron chi connectivity index (χ4n) is 0.690. The van der Waals surface area contributed by atoms with Crippen molar-refractivity contribution in [2.45, 2.75) is 20.8 Å². The van der Waals surface area contributed by atoms with Gasteiger partial charge in [0.25, 0.3) is 0 Å².